The summed E-state index contributed by atoms with van der Waals surface area (Å²) in [6.45, 7) is 7.64. The zero-order chi connectivity index (χ0) is 34.4. The minimum absolute atomic E-state index is 0.0532. The highest BCUT2D eigenvalue weighted by atomic mass is 32.2. The molecule has 0 unspecified atom stereocenters. The summed E-state index contributed by atoms with van der Waals surface area (Å²) in [5, 5.41) is 11.9. The molecule has 14 heteroatoms. The molecule has 1 aromatic heterocycles. The molecule has 0 saturated heterocycles. The molecule has 0 bridgehead atoms. The van der Waals surface area contributed by atoms with Gasteiger partial charge in [-0.25, -0.2) is 16.8 Å². The molecule has 1 aliphatic rings. The van der Waals surface area contributed by atoms with Crippen LogP contribution in [0.15, 0.2) is 69.1 Å². The third-order valence-corrected chi connectivity index (χ3v) is 12.8. The zero-order valence-corrected chi connectivity index (χ0v) is 29.9. The molecule has 1 aliphatic heterocycles. The summed E-state index contributed by atoms with van der Waals surface area (Å²) in [6, 6.07) is 13.8. The Labute approximate surface area is 282 Å². The van der Waals surface area contributed by atoms with E-state index < -0.39 is 38.1 Å². The summed E-state index contributed by atoms with van der Waals surface area (Å²) in [4.78, 5) is 16.0. The van der Waals surface area contributed by atoms with E-state index in [9.17, 15) is 26.7 Å². The fourth-order valence-corrected chi connectivity index (χ4v) is 8.54. The van der Waals surface area contributed by atoms with Crippen LogP contribution < -0.4 is 9.46 Å². The number of fused-ring (bicyclic) bond motifs is 1. The topological polar surface area (TPSA) is 143 Å². The highest BCUT2D eigenvalue weighted by Crippen LogP contribution is 2.30. The lowest BCUT2D eigenvalue weighted by Crippen LogP contribution is -2.48. The standard InChI is InChI=1S/C33H45N3O8S3/c1-23-11-14-28(15-12-23)47(41,42)35(5)21-31-24(2)20-36(25(3)22-37)33(38)29-19-27(34-46(39,40)32-10-8-18-45-32)13-16-30(29)44-26(4)9-6-7-17-43-31/h8,10-16,18-19,24-26,31,34,37H,6-7,9,17,20-22H2,1-5H3/t24-,25+,26-,31+/m1/s1. The average molecular weight is 708 g/mol. The van der Waals surface area contributed by atoms with Crippen LogP contribution in [0.4, 0.5) is 5.69 Å². The second kappa shape index (κ2) is 15.9. The second-order valence-electron chi connectivity index (χ2n) is 12.1. The van der Waals surface area contributed by atoms with Crippen molar-refractivity contribution in [1.82, 2.24) is 9.21 Å². The highest BCUT2D eigenvalue weighted by Gasteiger charge is 2.32. The largest absolute Gasteiger partial charge is 0.490 e. The maximum atomic E-state index is 14.3. The molecule has 2 N–H and O–H groups in total. The third kappa shape index (κ3) is 9.33. The van der Waals surface area contributed by atoms with Gasteiger partial charge in [0.2, 0.25) is 10.0 Å². The molecule has 4 atom stereocenters. The van der Waals surface area contributed by atoms with Crippen molar-refractivity contribution < 1.29 is 36.2 Å². The first kappa shape index (κ1) is 36.8. The van der Waals surface area contributed by atoms with E-state index in [1.807, 2.05) is 20.8 Å². The Bertz CT molecular complexity index is 1700. The number of hydrogen-bond donors (Lipinski definition) is 2. The van der Waals surface area contributed by atoms with Crippen molar-refractivity contribution in [2.24, 2.45) is 5.92 Å². The van der Waals surface area contributed by atoms with Crippen molar-refractivity contribution in [3.05, 3.63) is 71.1 Å². The first-order chi connectivity index (χ1) is 22.2. The van der Waals surface area contributed by atoms with E-state index >= 15 is 0 Å². The summed E-state index contributed by atoms with van der Waals surface area (Å²) in [5.41, 5.74) is 1.28. The quantitative estimate of drug-likeness (QED) is 0.318. The van der Waals surface area contributed by atoms with E-state index in [-0.39, 0.29) is 52.1 Å². The lowest BCUT2D eigenvalue weighted by molar-refractivity contribution is -0.00833. The summed E-state index contributed by atoms with van der Waals surface area (Å²) in [5.74, 6) is -0.511. The number of hydrogen-bond acceptors (Lipinski definition) is 9. The summed E-state index contributed by atoms with van der Waals surface area (Å²) < 4.78 is 69.4. The molecule has 3 aromatic rings. The molecule has 0 spiro atoms. The molecule has 1 amide bonds. The number of aliphatic hydroxyl groups excluding tert-OH is 1. The predicted octanol–water partition coefficient (Wildman–Crippen LogP) is 4.97. The van der Waals surface area contributed by atoms with Crippen molar-refractivity contribution >= 4 is 43.0 Å². The lowest BCUT2D eigenvalue weighted by atomic mass is 10.0. The maximum absolute atomic E-state index is 14.3. The van der Waals surface area contributed by atoms with Crippen LogP contribution in [-0.2, 0) is 24.8 Å². The Kier molecular flexibility index (Phi) is 12.5. The number of carbonyl (C=O) groups excluding carboxylic acids is 1. The number of nitrogens with one attached hydrogen (secondary N) is 1. The van der Waals surface area contributed by atoms with Crippen molar-refractivity contribution in [2.45, 2.75) is 74.3 Å². The van der Waals surface area contributed by atoms with Gasteiger partial charge in [-0.05, 0) is 81.8 Å². The number of thiophene rings is 1. The molecule has 258 valence electrons. The van der Waals surface area contributed by atoms with Gasteiger partial charge in [-0.2, -0.15) is 4.31 Å². The van der Waals surface area contributed by atoms with Crippen molar-refractivity contribution in [3.8, 4) is 5.75 Å². The maximum Gasteiger partial charge on any atom is 0.271 e. The van der Waals surface area contributed by atoms with Gasteiger partial charge in [0, 0.05) is 38.3 Å². The lowest BCUT2D eigenvalue weighted by Gasteiger charge is -2.35. The van der Waals surface area contributed by atoms with Gasteiger partial charge in [0.15, 0.2) is 0 Å². The van der Waals surface area contributed by atoms with Gasteiger partial charge in [-0.15, -0.1) is 11.3 Å². The van der Waals surface area contributed by atoms with E-state index in [1.54, 1.807) is 54.8 Å². The number of rotatable bonds is 9. The van der Waals surface area contributed by atoms with Gasteiger partial charge in [0.1, 0.15) is 9.96 Å². The molecule has 2 aromatic carbocycles. The van der Waals surface area contributed by atoms with Crippen LogP contribution in [0.2, 0.25) is 0 Å². The van der Waals surface area contributed by atoms with Crippen LogP contribution in [0.25, 0.3) is 0 Å². The van der Waals surface area contributed by atoms with Crippen LogP contribution in [0.3, 0.4) is 0 Å². The van der Waals surface area contributed by atoms with Crippen LogP contribution in [0.1, 0.15) is 56.0 Å². The fourth-order valence-electron chi connectivity index (χ4n) is 5.31. The molecule has 0 saturated carbocycles. The minimum atomic E-state index is -3.88. The second-order valence-corrected chi connectivity index (χ2v) is 17.0. The summed E-state index contributed by atoms with van der Waals surface area (Å²) in [7, 11) is -6.17. The number of likely N-dealkylation sites (N-methyl/N-ethyl adjacent to an activating group) is 1. The van der Waals surface area contributed by atoms with Crippen molar-refractivity contribution in [2.75, 3.05) is 38.1 Å². The number of carbonyl (C=O) groups is 1. The number of sulfonamides is 2. The zero-order valence-electron chi connectivity index (χ0n) is 27.5. The first-order valence-electron chi connectivity index (χ1n) is 15.7. The van der Waals surface area contributed by atoms with Crippen molar-refractivity contribution in [3.63, 3.8) is 0 Å². The van der Waals surface area contributed by atoms with Gasteiger partial charge in [-0.3, -0.25) is 9.52 Å². The molecule has 0 radical (unpaired) electrons. The Balaban J connectivity index is 1.67. The normalized spacial score (nSPS) is 21.0. The number of nitrogens with zero attached hydrogens (tertiary/aromatic N) is 2. The molecular weight excluding hydrogens is 663 g/mol. The van der Waals surface area contributed by atoms with E-state index in [4.69, 9.17) is 9.47 Å². The smallest absolute Gasteiger partial charge is 0.271 e. The number of anilines is 1. The predicted molar refractivity (Wildman–Crippen MR) is 183 cm³/mol. The SMILES string of the molecule is Cc1ccc(S(=O)(=O)N(C)C[C@@H]2OCCCC[C@@H](C)Oc3ccc(NS(=O)(=O)c4cccs4)cc3C(=O)N([C@@H](C)CO)C[C@H]2C)cc1. The monoisotopic (exact) mass is 707 g/mol. The Morgan fingerprint density at radius 1 is 1.09 bits per heavy atom. The molecule has 2 heterocycles. The molecule has 47 heavy (non-hydrogen) atoms. The summed E-state index contributed by atoms with van der Waals surface area (Å²) >= 11 is 1.08. The van der Waals surface area contributed by atoms with Crippen LogP contribution in [-0.4, -0.2) is 88.7 Å². The first-order valence-corrected chi connectivity index (χ1v) is 19.5. The number of aryl methyl sites for hydroxylation is 1. The number of aliphatic hydroxyl groups is 1. The van der Waals surface area contributed by atoms with Crippen LogP contribution in [0.5, 0.6) is 5.75 Å². The van der Waals surface area contributed by atoms with Gasteiger partial charge in [-0.1, -0.05) is 30.7 Å². The summed E-state index contributed by atoms with van der Waals surface area (Å²) in [6.07, 6.45) is 1.33. The van der Waals surface area contributed by atoms with E-state index in [1.165, 1.54) is 28.4 Å². The fraction of sp³-hybridized carbons (Fsp3) is 0.485. The van der Waals surface area contributed by atoms with Gasteiger partial charge < -0.3 is 19.5 Å². The van der Waals surface area contributed by atoms with E-state index in [0.717, 1.165) is 29.7 Å². The molecule has 4 rings (SSSR count). The molecule has 0 fully saturated rings. The minimum Gasteiger partial charge on any atom is -0.490 e. The molecular formula is C33H45N3O8S3. The number of ether oxygens (including phenoxy) is 2. The Morgan fingerprint density at radius 3 is 2.47 bits per heavy atom. The highest BCUT2D eigenvalue weighted by molar-refractivity contribution is 7.94. The van der Waals surface area contributed by atoms with E-state index in [2.05, 4.69) is 4.72 Å². The van der Waals surface area contributed by atoms with Gasteiger partial charge >= 0.3 is 0 Å². The third-order valence-electron chi connectivity index (χ3n) is 8.23. The van der Waals surface area contributed by atoms with Crippen molar-refractivity contribution in [1.29, 1.82) is 0 Å². The van der Waals surface area contributed by atoms with E-state index in [0.29, 0.717) is 18.8 Å². The van der Waals surface area contributed by atoms with Crippen LogP contribution in [0, 0.1) is 12.8 Å². The number of amides is 1. The van der Waals surface area contributed by atoms with Gasteiger partial charge in [0.25, 0.3) is 15.9 Å². The Hall–Kier alpha value is -3.01. The Morgan fingerprint density at radius 2 is 1.81 bits per heavy atom. The molecule has 0 aliphatic carbocycles. The molecule has 11 nitrogen and oxygen atoms in total. The van der Waals surface area contributed by atoms with Crippen LogP contribution >= 0.6 is 11.3 Å². The average Bonchev–Trinajstić information content (AvgIpc) is 3.59. The number of benzene rings is 2. The van der Waals surface area contributed by atoms with Gasteiger partial charge in [0.05, 0.1) is 35.3 Å².